The average Bonchev–Trinajstić information content (AvgIpc) is 2.33. The molecule has 1 aromatic heterocycles. The Kier molecular flexibility index (Phi) is 3.93. The van der Waals surface area contributed by atoms with E-state index in [9.17, 15) is 0 Å². The van der Waals surface area contributed by atoms with E-state index in [1.54, 1.807) is 6.07 Å². The molecular weight excluding hydrogens is 364 g/mol. The lowest BCUT2D eigenvalue weighted by atomic mass is 10.3. The quantitative estimate of drug-likeness (QED) is 0.641. The Morgan fingerprint density at radius 3 is 2.61 bits per heavy atom. The molecule has 0 unspecified atom stereocenters. The fourth-order valence-electron chi connectivity index (χ4n) is 1.25. The normalized spacial score (nSPS) is 10.1. The molecule has 0 aliphatic carbocycles. The summed E-state index contributed by atoms with van der Waals surface area (Å²) in [6.45, 7) is 0. The molecule has 3 N–H and O–H groups in total. The average molecular weight is 372 g/mol. The number of nitrogens with two attached hydrogens (primary N) is 1. The molecule has 0 amide bonds. The van der Waals surface area contributed by atoms with Crippen LogP contribution < -0.4 is 10.5 Å². The minimum atomic E-state index is -0.189. The minimum Gasteiger partial charge on any atom is -0.436 e. The van der Waals surface area contributed by atoms with Crippen LogP contribution in [0.5, 0.6) is 11.6 Å². The summed E-state index contributed by atoms with van der Waals surface area (Å²) in [6, 6.07) is 5.45. The van der Waals surface area contributed by atoms with Crippen molar-refractivity contribution in [3.05, 3.63) is 45.2 Å². The Hall–Kier alpha value is -1.47. The van der Waals surface area contributed by atoms with Crippen LogP contribution in [0.25, 0.3) is 0 Å². The predicted octanol–water partition coefficient (Wildman–Crippen LogP) is 3.08. The Morgan fingerprint density at radius 2 is 1.94 bits per heavy atom. The van der Waals surface area contributed by atoms with Crippen LogP contribution in [0.1, 0.15) is 5.69 Å². The van der Waals surface area contributed by atoms with Crippen molar-refractivity contribution in [1.82, 2.24) is 9.97 Å². The molecule has 0 spiro atoms. The summed E-state index contributed by atoms with van der Waals surface area (Å²) >= 11 is 6.73. The van der Waals surface area contributed by atoms with Gasteiger partial charge in [0.1, 0.15) is 11.6 Å². The number of amidine groups is 1. The first-order chi connectivity index (χ1) is 8.58. The molecule has 0 saturated carbocycles. The van der Waals surface area contributed by atoms with Crippen molar-refractivity contribution in [3.8, 4) is 11.6 Å². The molecular formula is C11H8Br2N4O. The molecule has 0 bridgehead atoms. The van der Waals surface area contributed by atoms with Crippen LogP contribution in [0.3, 0.4) is 0 Å². The zero-order chi connectivity index (χ0) is 13.1. The fourth-order valence-corrected chi connectivity index (χ4v) is 2.37. The van der Waals surface area contributed by atoms with E-state index in [4.69, 9.17) is 15.9 Å². The molecule has 0 aliphatic rings. The number of hydrogen-bond donors (Lipinski definition) is 2. The second-order valence-electron chi connectivity index (χ2n) is 3.30. The van der Waals surface area contributed by atoms with Crippen molar-refractivity contribution in [2.75, 3.05) is 0 Å². The van der Waals surface area contributed by atoms with Crippen LogP contribution in [-0.2, 0) is 0 Å². The number of nitrogens with one attached hydrogen (secondary N) is 1. The molecule has 0 radical (unpaired) electrons. The summed E-state index contributed by atoms with van der Waals surface area (Å²) in [6.07, 6.45) is 2.94. The van der Waals surface area contributed by atoms with Crippen LogP contribution in [0.2, 0.25) is 0 Å². The maximum Gasteiger partial charge on any atom is 0.249 e. The van der Waals surface area contributed by atoms with E-state index >= 15 is 0 Å². The highest BCUT2D eigenvalue weighted by molar-refractivity contribution is 9.11. The van der Waals surface area contributed by atoms with Crippen LogP contribution in [0.15, 0.2) is 39.5 Å². The first-order valence-electron chi connectivity index (χ1n) is 4.86. The number of nitrogens with zero attached hydrogens (tertiary/aromatic N) is 2. The van der Waals surface area contributed by atoms with Crippen molar-refractivity contribution in [2.24, 2.45) is 5.73 Å². The van der Waals surface area contributed by atoms with Gasteiger partial charge in [-0.25, -0.2) is 9.97 Å². The van der Waals surface area contributed by atoms with Gasteiger partial charge in [-0.05, 0) is 34.1 Å². The van der Waals surface area contributed by atoms with Crippen molar-refractivity contribution >= 4 is 37.7 Å². The maximum absolute atomic E-state index is 7.41. The minimum absolute atomic E-state index is 0.189. The van der Waals surface area contributed by atoms with E-state index in [2.05, 4.69) is 41.8 Å². The third-order valence-electron chi connectivity index (χ3n) is 2.02. The Morgan fingerprint density at radius 1 is 1.22 bits per heavy atom. The van der Waals surface area contributed by atoms with Gasteiger partial charge in [-0.15, -0.1) is 0 Å². The van der Waals surface area contributed by atoms with Crippen molar-refractivity contribution in [2.45, 2.75) is 0 Å². The van der Waals surface area contributed by atoms with Gasteiger partial charge >= 0.3 is 0 Å². The van der Waals surface area contributed by atoms with E-state index in [0.717, 1.165) is 8.95 Å². The molecule has 1 aromatic carbocycles. The monoisotopic (exact) mass is 370 g/mol. The lowest BCUT2D eigenvalue weighted by Crippen LogP contribution is -2.15. The van der Waals surface area contributed by atoms with Gasteiger partial charge in [0.05, 0.1) is 4.47 Å². The number of ether oxygens (including phenoxy) is 1. The van der Waals surface area contributed by atoms with Gasteiger partial charge in [0.2, 0.25) is 5.88 Å². The SMILES string of the molecule is N=C(N)c1nccnc1Oc1ccc(Br)cc1Br. The smallest absolute Gasteiger partial charge is 0.249 e. The standard InChI is InChI=1S/C11H8Br2N4O/c12-6-1-2-8(7(13)5-6)18-11-9(10(14)15)16-3-4-17-11/h1-5H,(H3,14,15). The Labute approximate surface area is 120 Å². The van der Waals surface area contributed by atoms with Crippen molar-refractivity contribution in [3.63, 3.8) is 0 Å². The third kappa shape index (κ3) is 2.85. The molecule has 5 nitrogen and oxygen atoms in total. The van der Waals surface area contributed by atoms with Gasteiger partial charge < -0.3 is 10.5 Å². The van der Waals surface area contributed by atoms with E-state index < -0.39 is 0 Å². The van der Waals surface area contributed by atoms with E-state index in [0.29, 0.717) is 5.75 Å². The Bertz CT molecular complexity index is 603. The predicted molar refractivity (Wildman–Crippen MR) is 75.0 cm³/mol. The topological polar surface area (TPSA) is 84.9 Å². The number of aromatic nitrogens is 2. The second-order valence-corrected chi connectivity index (χ2v) is 5.07. The molecule has 2 rings (SSSR count). The van der Waals surface area contributed by atoms with Crippen molar-refractivity contribution in [1.29, 1.82) is 5.41 Å². The summed E-state index contributed by atoms with van der Waals surface area (Å²) in [7, 11) is 0. The largest absolute Gasteiger partial charge is 0.436 e. The third-order valence-corrected chi connectivity index (χ3v) is 3.13. The van der Waals surface area contributed by atoms with E-state index in [1.807, 2.05) is 12.1 Å². The lowest BCUT2D eigenvalue weighted by molar-refractivity contribution is 0.456. The number of nitrogen functional groups attached to an aromatic ring is 1. The van der Waals surface area contributed by atoms with E-state index in [-0.39, 0.29) is 17.4 Å². The zero-order valence-electron chi connectivity index (χ0n) is 9.02. The highest BCUT2D eigenvalue weighted by Gasteiger charge is 2.12. The molecule has 0 fully saturated rings. The van der Waals surface area contributed by atoms with Crippen molar-refractivity contribution < 1.29 is 4.74 Å². The zero-order valence-corrected chi connectivity index (χ0v) is 12.2. The van der Waals surface area contributed by atoms with Gasteiger partial charge in [-0.1, -0.05) is 15.9 Å². The highest BCUT2D eigenvalue weighted by Crippen LogP contribution is 2.31. The first kappa shape index (κ1) is 13.0. The number of rotatable bonds is 3. The molecule has 7 heteroatoms. The molecule has 0 atom stereocenters. The van der Waals surface area contributed by atoms with Gasteiger partial charge in [0.25, 0.3) is 0 Å². The summed E-state index contributed by atoms with van der Waals surface area (Å²) < 4.78 is 7.28. The van der Waals surface area contributed by atoms with E-state index in [1.165, 1.54) is 12.4 Å². The first-order valence-corrected chi connectivity index (χ1v) is 6.45. The van der Waals surface area contributed by atoms with Crippen LogP contribution in [0.4, 0.5) is 0 Å². The van der Waals surface area contributed by atoms with Crippen LogP contribution >= 0.6 is 31.9 Å². The number of halogens is 2. The Balaban J connectivity index is 2.37. The molecule has 92 valence electrons. The van der Waals surface area contributed by atoms with Gasteiger partial charge in [-0.2, -0.15) is 0 Å². The van der Waals surface area contributed by atoms with Crippen LogP contribution in [0, 0.1) is 5.41 Å². The summed E-state index contributed by atoms with van der Waals surface area (Å²) in [5, 5.41) is 7.41. The fraction of sp³-hybridized carbons (Fsp3) is 0. The summed E-state index contributed by atoms with van der Waals surface area (Å²) in [4.78, 5) is 7.98. The number of hydrogen-bond acceptors (Lipinski definition) is 4. The molecule has 0 aliphatic heterocycles. The molecule has 0 saturated heterocycles. The lowest BCUT2D eigenvalue weighted by Gasteiger charge is -2.09. The molecule has 2 aromatic rings. The maximum atomic E-state index is 7.41. The molecule has 1 heterocycles. The van der Waals surface area contributed by atoms with Gasteiger partial charge in [0.15, 0.2) is 5.69 Å². The van der Waals surface area contributed by atoms with Gasteiger partial charge in [-0.3, -0.25) is 5.41 Å². The van der Waals surface area contributed by atoms with Crippen LogP contribution in [-0.4, -0.2) is 15.8 Å². The highest BCUT2D eigenvalue weighted by atomic mass is 79.9. The van der Waals surface area contributed by atoms with Gasteiger partial charge in [0, 0.05) is 16.9 Å². The molecule has 18 heavy (non-hydrogen) atoms. The second kappa shape index (κ2) is 5.45. The summed E-state index contributed by atoms with van der Waals surface area (Å²) in [5.74, 6) is 0.584. The number of benzene rings is 1. The summed E-state index contributed by atoms with van der Waals surface area (Å²) in [5.41, 5.74) is 5.63.